The van der Waals surface area contributed by atoms with E-state index in [2.05, 4.69) is 35.5 Å². The molecule has 7 nitrogen and oxygen atoms in total. The van der Waals surface area contributed by atoms with Gasteiger partial charge in [0.1, 0.15) is 5.82 Å². The summed E-state index contributed by atoms with van der Waals surface area (Å²) >= 11 is 6.09. The lowest BCUT2D eigenvalue weighted by Gasteiger charge is -2.17. The van der Waals surface area contributed by atoms with Crippen molar-refractivity contribution in [1.29, 1.82) is 0 Å². The molecule has 0 spiro atoms. The quantitative estimate of drug-likeness (QED) is 0.753. The fourth-order valence-electron chi connectivity index (χ4n) is 2.32. The summed E-state index contributed by atoms with van der Waals surface area (Å²) in [6, 6.07) is 5.70. The number of tetrazole rings is 1. The van der Waals surface area contributed by atoms with E-state index < -0.39 is 0 Å². The number of aryl methyl sites for hydroxylation is 1. The maximum Gasteiger partial charge on any atom is 0.205 e. The van der Waals surface area contributed by atoms with Gasteiger partial charge in [0, 0.05) is 29.0 Å². The molecule has 0 saturated carbocycles. The molecule has 0 atom stereocenters. The maximum atomic E-state index is 6.09. The highest BCUT2D eigenvalue weighted by Crippen LogP contribution is 2.25. The zero-order valence-corrected chi connectivity index (χ0v) is 13.1. The molecular formula is C14H16ClN7. The van der Waals surface area contributed by atoms with Crippen LogP contribution in [0.1, 0.15) is 17.1 Å². The number of aromatic nitrogens is 6. The van der Waals surface area contributed by atoms with Crippen molar-refractivity contribution in [1.82, 2.24) is 35.5 Å². The minimum atomic E-state index is 0.541. The van der Waals surface area contributed by atoms with E-state index in [4.69, 9.17) is 11.6 Å². The largest absolute Gasteiger partial charge is 0.345 e. The third-order valence-electron chi connectivity index (χ3n) is 3.27. The zero-order valence-electron chi connectivity index (χ0n) is 12.3. The van der Waals surface area contributed by atoms with E-state index in [0.717, 1.165) is 35.7 Å². The molecule has 0 amide bonds. The van der Waals surface area contributed by atoms with Crippen molar-refractivity contribution < 1.29 is 0 Å². The molecule has 0 saturated heterocycles. The van der Waals surface area contributed by atoms with Gasteiger partial charge in [-0.05, 0) is 36.9 Å². The van der Waals surface area contributed by atoms with Gasteiger partial charge in [0.25, 0.3) is 0 Å². The number of benzene rings is 1. The van der Waals surface area contributed by atoms with Crippen LogP contribution in [0.4, 0.5) is 0 Å². The summed E-state index contributed by atoms with van der Waals surface area (Å²) < 4.78 is 0. The van der Waals surface area contributed by atoms with Gasteiger partial charge >= 0.3 is 0 Å². The number of hydrogen-bond acceptors (Lipinski definition) is 5. The molecule has 3 rings (SSSR count). The van der Waals surface area contributed by atoms with Crippen molar-refractivity contribution >= 4 is 11.6 Å². The van der Waals surface area contributed by atoms with Gasteiger partial charge < -0.3 is 4.98 Å². The molecule has 22 heavy (non-hydrogen) atoms. The van der Waals surface area contributed by atoms with Crippen molar-refractivity contribution in [3.8, 4) is 11.4 Å². The van der Waals surface area contributed by atoms with Crippen LogP contribution in [0.3, 0.4) is 0 Å². The van der Waals surface area contributed by atoms with Gasteiger partial charge in [0.15, 0.2) is 0 Å². The molecule has 2 N–H and O–H groups in total. The van der Waals surface area contributed by atoms with Gasteiger partial charge in [-0.1, -0.05) is 17.7 Å². The predicted octanol–water partition coefficient (Wildman–Crippen LogP) is 2.18. The van der Waals surface area contributed by atoms with Crippen LogP contribution < -0.4 is 0 Å². The molecular weight excluding hydrogens is 302 g/mol. The number of halogens is 1. The molecule has 0 aliphatic carbocycles. The summed E-state index contributed by atoms with van der Waals surface area (Å²) in [5.41, 5.74) is 3.02. The highest BCUT2D eigenvalue weighted by molar-refractivity contribution is 6.30. The topological polar surface area (TPSA) is 86.4 Å². The normalized spacial score (nSPS) is 11.3. The third kappa shape index (κ3) is 3.32. The molecule has 8 heteroatoms. The average molecular weight is 318 g/mol. The van der Waals surface area contributed by atoms with Crippen molar-refractivity contribution in [2.45, 2.75) is 20.0 Å². The lowest BCUT2D eigenvalue weighted by atomic mass is 10.1. The zero-order chi connectivity index (χ0) is 15.5. The standard InChI is InChI=1S/C14H16ClN7/c1-9-6-16-13(17-9)8-22(2)7-10-3-4-11(15)5-12(10)14-18-20-21-19-14/h3-6H,7-8H2,1-2H3,(H,16,17)(H,18,19,20,21). The Bertz CT molecular complexity index is 750. The van der Waals surface area contributed by atoms with E-state index in [1.165, 1.54) is 0 Å². The van der Waals surface area contributed by atoms with Gasteiger partial charge in [-0.3, -0.25) is 4.90 Å². The van der Waals surface area contributed by atoms with Gasteiger partial charge in [-0.25, -0.2) is 4.98 Å². The van der Waals surface area contributed by atoms with Crippen LogP contribution in [0.2, 0.25) is 5.02 Å². The number of imidazole rings is 1. The molecule has 2 aromatic heterocycles. The SMILES string of the molecule is Cc1cnc(CN(C)Cc2ccc(Cl)cc2-c2nn[nH]n2)[nH]1. The summed E-state index contributed by atoms with van der Waals surface area (Å²) in [7, 11) is 2.03. The van der Waals surface area contributed by atoms with Crippen LogP contribution in [0, 0.1) is 6.92 Å². The van der Waals surface area contributed by atoms with Crippen LogP contribution in [-0.2, 0) is 13.1 Å². The Morgan fingerprint density at radius 2 is 2.14 bits per heavy atom. The Morgan fingerprint density at radius 3 is 2.82 bits per heavy atom. The van der Waals surface area contributed by atoms with Crippen LogP contribution in [0.15, 0.2) is 24.4 Å². The van der Waals surface area contributed by atoms with Crippen LogP contribution >= 0.6 is 11.6 Å². The molecule has 114 valence electrons. The number of rotatable bonds is 5. The van der Waals surface area contributed by atoms with Gasteiger partial charge in [-0.2, -0.15) is 5.21 Å². The lowest BCUT2D eigenvalue weighted by molar-refractivity contribution is 0.312. The molecule has 2 heterocycles. The smallest absolute Gasteiger partial charge is 0.205 e. The van der Waals surface area contributed by atoms with E-state index in [-0.39, 0.29) is 0 Å². The monoisotopic (exact) mass is 317 g/mol. The summed E-state index contributed by atoms with van der Waals surface area (Å²) in [4.78, 5) is 9.71. The molecule has 0 fully saturated rings. The van der Waals surface area contributed by atoms with Crippen molar-refractivity contribution in [3.05, 3.63) is 46.5 Å². The fourth-order valence-corrected chi connectivity index (χ4v) is 2.49. The fraction of sp³-hybridized carbons (Fsp3) is 0.286. The van der Waals surface area contributed by atoms with Crippen molar-refractivity contribution in [2.75, 3.05) is 7.05 Å². The number of nitrogens with one attached hydrogen (secondary N) is 2. The minimum absolute atomic E-state index is 0.541. The first-order chi connectivity index (χ1) is 10.6. The predicted molar refractivity (Wildman–Crippen MR) is 83.1 cm³/mol. The summed E-state index contributed by atoms with van der Waals surface area (Å²) in [5, 5.41) is 14.8. The average Bonchev–Trinajstić information content (AvgIpc) is 3.12. The van der Waals surface area contributed by atoms with Crippen molar-refractivity contribution in [2.24, 2.45) is 0 Å². The molecule has 1 aromatic carbocycles. The Balaban J connectivity index is 1.80. The highest BCUT2D eigenvalue weighted by atomic mass is 35.5. The minimum Gasteiger partial charge on any atom is -0.345 e. The Morgan fingerprint density at radius 1 is 1.27 bits per heavy atom. The van der Waals surface area contributed by atoms with Gasteiger partial charge in [0.05, 0.1) is 6.54 Å². The summed E-state index contributed by atoms with van der Waals surface area (Å²) in [6.45, 7) is 3.44. The molecule has 0 radical (unpaired) electrons. The molecule has 3 aromatic rings. The lowest BCUT2D eigenvalue weighted by Crippen LogP contribution is -2.18. The van der Waals surface area contributed by atoms with E-state index in [9.17, 15) is 0 Å². The third-order valence-corrected chi connectivity index (χ3v) is 3.51. The number of hydrogen-bond donors (Lipinski definition) is 2. The second kappa shape index (κ2) is 6.25. The molecule has 0 unspecified atom stereocenters. The van der Waals surface area contributed by atoms with Crippen molar-refractivity contribution in [3.63, 3.8) is 0 Å². The Hall–Kier alpha value is -2.25. The second-order valence-electron chi connectivity index (χ2n) is 5.22. The Labute approximate surface area is 132 Å². The van der Waals surface area contributed by atoms with Gasteiger partial charge in [0.2, 0.25) is 5.82 Å². The molecule has 0 aliphatic heterocycles. The van der Waals surface area contributed by atoms with E-state index in [1.807, 2.05) is 38.4 Å². The first kappa shape index (κ1) is 14.7. The second-order valence-corrected chi connectivity index (χ2v) is 5.66. The molecule has 0 aliphatic rings. The van der Waals surface area contributed by atoms with Gasteiger partial charge in [-0.15, -0.1) is 10.2 Å². The molecule has 0 bridgehead atoms. The van der Waals surface area contributed by atoms with E-state index in [0.29, 0.717) is 10.8 Å². The highest BCUT2D eigenvalue weighted by Gasteiger charge is 2.13. The van der Waals surface area contributed by atoms with Crippen LogP contribution in [0.5, 0.6) is 0 Å². The number of aromatic amines is 2. The number of H-pyrrole nitrogens is 2. The first-order valence-electron chi connectivity index (χ1n) is 6.83. The summed E-state index contributed by atoms with van der Waals surface area (Å²) in [6.07, 6.45) is 1.83. The first-order valence-corrected chi connectivity index (χ1v) is 7.21. The maximum absolute atomic E-state index is 6.09. The summed E-state index contributed by atoms with van der Waals surface area (Å²) in [5.74, 6) is 1.48. The Kier molecular flexibility index (Phi) is 4.17. The van der Waals surface area contributed by atoms with E-state index >= 15 is 0 Å². The van der Waals surface area contributed by atoms with Crippen LogP contribution in [-0.4, -0.2) is 42.5 Å². The number of nitrogens with zero attached hydrogens (tertiary/aromatic N) is 5. The van der Waals surface area contributed by atoms with E-state index in [1.54, 1.807) is 0 Å². The van der Waals surface area contributed by atoms with Crippen LogP contribution in [0.25, 0.3) is 11.4 Å².